The highest BCUT2D eigenvalue weighted by atomic mass is 32.1. The molecule has 3 aromatic rings. The predicted molar refractivity (Wildman–Crippen MR) is 132 cm³/mol. The minimum absolute atomic E-state index is 0.0617. The van der Waals surface area contributed by atoms with E-state index in [0.29, 0.717) is 22.6 Å². The molecule has 3 amide bonds. The van der Waals surface area contributed by atoms with Crippen molar-refractivity contribution in [3.8, 4) is 6.07 Å². The summed E-state index contributed by atoms with van der Waals surface area (Å²) in [6.45, 7) is -1.32. The van der Waals surface area contributed by atoms with Crippen LogP contribution in [0.5, 0.6) is 0 Å². The molecule has 0 spiro atoms. The Kier molecular flexibility index (Phi) is 8.07. The van der Waals surface area contributed by atoms with Crippen LogP contribution in [0.2, 0.25) is 0 Å². The van der Waals surface area contributed by atoms with Crippen LogP contribution in [0.1, 0.15) is 43.4 Å². The average Bonchev–Trinajstić information content (AvgIpc) is 3.50. The Balaban J connectivity index is 1.27. The van der Waals surface area contributed by atoms with Gasteiger partial charge in [-0.1, -0.05) is 30.3 Å². The van der Waals surface area contributed by atoms with Gasteiger partial charge in [-0.2, -0.15) is 5.26 Å². The number of nitrogens with zero attached hydrogens (tertiary/aromatic N) is 3. The van der Waals surface area contributed by atoms with Gasteiger partial charge in [0.05, 0.1) is 24.2 Å². The molecule has 1 aromatic heterocycles. The van der Waals surface area contributed by atoms with Crippen LogP contribution >= 0.6 is 11.3 Å². The van der Waals surface area contributed by atoms with Crippen LogP contribution in [-0.4, -0.2) is 52.7 Å². The third-order valence-electron chi connectivity index (χ3n) is 5.89. The Morgan fingerprint density at radius 3 is 2.55 bits per heavy atom. The number of carbonyl (C=O) groups is 3. The first-order valence-electron chi connectivity index (χ1n) is 11.6. The number of nitrogens with one attached hydrogen (secondary N) is 2. The zero-order valence-corrected chi connectivity index (χ0v) is 20.7. The van der Waals surface area contributed by atoms with Crippen LogP contribution in [0, 0.1) is 17.1 Å². The van der Waals surface area contributed by atoms with E-state index < -0.39 is 49.1 Å². The molecule has 0 unspecified atom stereocenters. The second-order valence-corrected chi connectivity index (χ2v) is 9.63. The van der Waals surface area contributed by atoms with E-state index in [2.05, 4.69) is 15.6 Å². The highest BCUT2D eigenvalue weighted by Gasteiger charge is 2.47. The van der Waals surface area contributed by atoms with Crippen LogP contribution in [0.25, 0.3) is 0 Å². The molecule has 1 saturated heterocycles. The monoisotopic (exact) mass is 541 g/mol. The van der Waals surface area contributed by atoms with Crippen LogP contribution in [0.3, 0.4) is 0 Å². The smallest absolute Gasteiger partial charge is 0.271 e. The van der Waals surface area contributed by atoms with E-state index in [1.165, 1.54) is 22.8 Å². The van der Waals surface area contributed by atoms with Gasteiger partial charge in [-0.05, 0) is 23.8 Å². The predicted octanol–water partition coefficient (Wildman–Crippen LogP) is 3.29. The molecule has 0 aliphatic carbocycles. The van der Waals surface area contributed by atoms with E-state index >= 15 is 0 Å². The molecule has 0 saturated carbocycles. The lowest BCUT2D eigenvalue weighted by molar-refractivity contribution is -0.131. The van der Waals surface area contributed by atoms with Crippen molar-refractivity contribution in [1.29, 1.82) is 5.26 Å². The van der Waals surface area contributed by atoms with Crippen molar-refractivity contribution in [2.24, 2.45) is 0 Å². The van der Waals surface area contributed by atoms with E-state index in [1.807, 2.05) is 0 Å². The van der Waals surface area contributed by atoms with Gasteiger partial charge in [-0.3, -0.25) is 14.4 Å². The van der Waals surface area contributed by atoms with Crippen LogP contribution < -0.4 is 10.6 Å². The Morgan fingerprint density at radius 2 is 1.84 bits per heavy atom. The largest absolute Gasteiger partial charge is 0.348 e. The Bertz CT molecular complexity index is 1390. The number of benzene rings is 2. The molecule has 2 N–H and O–H groups in total. The van der Waals surface area contributed by atoms with E-state index in [0.717, 1.165) is 10.5 Å². The fraction of sp³-hybridized carbons (Fsp3) is 0.269. The Labute approximate surface area is 220 Å². The topological polar surface area (TPSA) is 115 Å². The highest BCUT2D eigenvalue weighted by Crippen LogP contribution is 2.31. The van der Waals surface area contributed by atoms with Gasteiger partial charge in [0.2, 0.25) is 5.91 Å². The van der Waals surface area contributed by atoms with Gasteiger partial charge in [0.15, 0.2) is 0 Å². The molecule has 2 heterocycles. The van der Waals surface area contributed by atoms with Crippen molar-refractivity contribution in [1.82, 2.24) is 20.5 Å². The molecule has 0 bridgehead atoms. The SMILES string of the molecule is N#C[C@@H]1CC(F)(F)CN1C(=O)CNC(=O)c1csc(Cc2ccc(C(=O)NCc3ccccc3F)cc2)n1. The lowest BCUT2D eigenvalue weighted by atomic mass is 10.1. The Hall–Kier alpha value is -4.24. The fourth-order valence-corrected chi connectivity index (χ4v) is 4.72. The maximum atomic E-state index is 13.7. The number of nitriles is 1. The molecule has 38 heavy (non-hydrogen) atoms. The van der Waals surface area contributed by atoms with Crippen molar-refractivity contribution >= 4 is 29.1 Å². The van der Waals surface area contributed by atoms with Crippen molar-refractivity contribution in [3.05, 3.63) is 87.1 Å². The van der Waals surface area contributed by atoms with Crippen LogP contribution in [0.4, 0.5) is 13.2 Å². The normalized spacial score (nSPS) is 16.1. The summed E-state index contributed by atoms with van der Waals surface area (Å²) < 4.78 is 40.8. The van der Waals surface area contributed by atoms with Gasteiger partial charge in [0.25, 0.3) is 17.7 Å². The second-order valence-electron chi connectivity index (χ2n) is 8.68. The molecular weight excluding hydrogens is 519 g/mol. The molecule has 1 aliphatic rings. The molecular formula is C26H22F3N5O3S. The summed E-state index contributed by atoms with van der Waals surface area (Å²) in [5.74, 6) is -5.28. The van der Waals surface area contributed by atoms with E-state index in [4.69, 9.17) is 5.26 Å². The third kappa shape index (κ3) is 6.54. The molecule has 0 radical (unpaired) electrons. The lowest BCUT2D eigenvalue weighted by Gasteiger charge is -2.19. The van der Waals surface area contributed by atoms with Gasteiger partial charge >= 0.3 is 0 Å². The zero-order valence-electron chi connectivity index (χ0n) is 19.9. The van der Waals surface area contributed by atoms with Crippen molar-refractivity contribution in [3.63, 3.8) is 0 Å². The van der Waals surface area contributed by atoms with Gasteiger partial charge in [0, 0.05) is 35.9 Å². The number of aromatic nitrogens is 1. The van der Waals surface area contributed by atoms with E-state index in [1.54, 1.807) is 48.5 Å². The molecule has 2 aromatic carbocycles. The number of halogens is 3. The first-order valence-corrected chi connectivity index (χ1v) is 12.4. The standard InChI is InChI=1S/C26H22F3N5O3S/c27-20-4-2-1-3-18(20)12-31-24(36)17-7-5-16(6-8-17)9-22-33-21(14-38-22)25(37)32-13-23(35)34-15-26(28,29)10-19(34)11-30/h1-8,14,19H,9-10,12-13,15H2,(H,31,36)(H,32,37)/t19-/m0/s1. The van der Waals surface area contributed by atoms with Crippen molar-refractivity contribution in [2.45, 2.75) is 31.4 Å². The molecule has 1 atom stereocenters. The summed E-state index contributed by atoms with van der Waals surface area (Å²) in [7, 11) is 0. The van der Waals surface area contributed by atoms with Gasteiger partial charge in [0.1, 0.15) is 17.6 Å². The first kappa shape index (κ1) is 26.8. The summed E-state index contributed by atoms with van der Waals surface area (Å²) in [4.78, 5) is 42.0. The van der Waals surface area contributed by atoms with Crippen molar-refractivity contribution in [2.75, 3.05) is 13.1 Å². The second kappa shape index (κ2) is 11.4. The first-order chi connectivity index (χ1) is 18.1. The maximum Gasteiger partial charge on any atom is 0.271 e. The van der Waals surface area contributed by atoms with Gasteiger partial charge in [-0.25, -0.2) is 18.2 Å². The van der Waals surface area contributed by atoms with Crippen LogP contribution in [0.15, 0.2) is 53.9 Å². The van der Waals surface area contributed by atoms with E-state index in [9.17, 15) is 27.6 Å². The zero-order chi connectivity index (χ0) is 27.3. The molecule has 1 fully saturated rings. The summed E-state index contributed by atoms with van der Waals surface area (Å²) in [5, 5.41) is 16.2. The number of hydrogen-bond acceptors (Lipinski definition) is 6. The molecule has 8 nitrogen and oxygen atoms in total. The molecule has 1 aliphatic heterocycles. The fourth-order valence-electron chi connectivity index (χ4n) is 3.91. The molecule has 12 heteroatoms. The summed E-state index contributed by atoms with van der Waals surface area (Å²) in [6, 6.07) is 13.4. The summed E-state index contributed by atoms with van der Waals surface area (Å²) in [5.41, 5.74) is 1.70. The van der Waals surface area contributed by atoms with E-state index in [-0.39, 0.29) is 18.1 Å². The minimum Gasteiger partial charge on any atom is -0.348 e. The number of amides is 3. The highest BCUT2D eigenvalue weighted by molar-refractivity contribution is 7.09. The average molecular weight is 542 g/mol. The number of likely N-dealkylation sites (tertiary alicyclic amines) is 1. The number of thiazole rings is 1. The van der Waals surface area contributed by atoms with Crippen LogP contribution in [-0.2, 0) is 17.8 Å². The summed E-state index contributed by atoms with van der Waals surface area (Å²) in [6.07, 6.45) is -0.335. The number of hydrogen-bond donors (Lipinski definition) is 2. The maximum absolute atomic E-state index is 13.7. The Morgan fingerprint density at radius 1 is 1.11 bits per heavy atom. The third-order valence-corrected chi connectivity index (χ3v) is 6.74. The number of carbonyl (C=O) groups excluding carboxylic acids is 3. The lowest BCUT2D eigenvalue weighted by Crippen LogP contribution is -2.43. The summed E-state index contributed by atoms with van der Waals surface area (Å²) >= 11 is 1.23. The number of rotatable bonds is 8. The van der Waals surface area contributed by atoms with Gasteiger partial charge < -0.3 is 15.5 Å². The van der Waals surface area contributed by atoms with Crippen molar-refractivity contribution < 1.29 is 27.6 Å². The molecule has 196 valence electrons. The minimum atomic E-state index is -3.13. The number of alkyl halides is 2. The molecule has 4 rings (SSSR count). The van der Waals surface area contributed by atoms with Gasteiger partial charge in [-0.15, -0.1) is 11.3 Å². The quantitative estimate of drug-likeness (QED) is 0.454.